The van der Waals surface area contributed by atoms with E-state index >= 15 is 0 Å². The minimum absolute atomic E-state index is 0.0198. The number of aryl methyl sites for hydroxylation is 1. The average Bonchev–Trinajstić information content (AvgIpc) is 3.02. The van der Waals surface area contributed by atoms with Crippen LogP contribution in [0, 0.1) is 17.0 Å². The Bertz CT molecular complexity index is 1180. The highest BCUT2D eigenvalue weighted by Gasteiger charge is 2.36. The number of amides is 2. The Morgan fingerprint density at radius 1 is 1.21 bits per heavy atom. The Morgan fingerprint density at radius 2 is 1.97 bits per heavy atom. The van der Waals surface area contributed by atoms with E-state index in [1.54, 1.807) is 13.0 Å². The van der Waals surface area contributed by atoms with Gasteiger partial charge in [0.05, 0.1) is 28.5 Å². The average molecular weight is 487 g/mol. The fraction of sp³-hybridized carbons (Fsp3) is 0.261. The SMILES string of the molecule is CCOc1c(OC(C)=O)ccc(/C=C2\SC(=O)N(CCOc3cccc(C)c3)C2=O)c1[N+](=O)[O-]. The van der Waals surface area contributed by atoms with Gasteiger partial charge in [-0.25, -0.2) is 0 Å². The number of ether oxygens (including phenoxy) is 3. The van der Waals surface area contributed by atoms with Gasteiger partial charge < -0.3 is 14.2 Å². The van der Waals surface area contributed by atoms with Gasteiger partial charge in [0.2, 0.25) is 5.75 Å². The number of imide groups is 1. The second kappa shape index (κ2) is 10.8. The van der Waals surface area contributed by atoms with E-state index < -0.39 is 27.7 Å². The van der Waals surface area contributed by atoms with Gasteiger partial charge in [-0.3, -0.25) is 29.4 Å². The summed E-state index contributed by atoms with van der Waals surface area (Å²) >= 11 is 0.674. The summed E-state index contributed by atoms with van der Waals surface area (Å²) < 4.78 is 16.0. The third-order valence-electron chi connectivity index (χ3n) is 4.58. The molecule has 0 radical (unpaired) electrons. The summed E-state index contributed by atoms with van der Waals surface area (Å²) in [5.41, 5.74) is 0.570. The zero-order valence-electron chi connectivity index (χ0n) is 18.7. The molecule has 3 rings (SSSR count). The number of esters is 1. The number of benzene rings is 2. The molecule has 1 aliphatic rings. The lowest BCUT2D eigenvalue weighted by atomic mass is 10.1. The van der Waals surface area contributed by atoms with Crippen molar-refractivity contribution in [2.45, 2.75) is 20.8 Å². The van der Waals surface area contributed by atoms with Crippen LogP contribution in [0.5, 0.6) is 17.2 Å². The second-order valence-electron chi connectivity index (χ2n) is 7.11. The van der Waals surface area contributed by atoms with Crippen molar-refractivity contribution in [1.82, 2.24) is 4.90 Å². The molecule has 10 nitrogen and oxygen atoms in total. The number of hydrogen-bond acceptors (Lipinski definition) is 9. The fourth-order valence-corrected chi connectivity index (χ4v) is 4.04. The van der Waals surface area contributed by atoms with E-state index in [0.29, 0.717) is 17.5 Å². The third-order valence-corrected chi connectivity index (χ3v) is 5.49. The number of rotatable bonds is 9. The molecule has 11 heteroatoms. The van der Waals surface area contributed by atoms with Gasteiger partial charge >= 0.3 is 11.7 Å². The van der Waals surface area contributed by atoms with Gasteiger partial charge in [-0.05, 0) is 61.5 Å². The molecule has 2 amide bonds. The van der Waals surface area contributed by atoms with Gasteiger partial charge in [0.1, 0.15) is 12.4 Å². The molecule has 0 aliphatic carbocycles. The Hall–Kier alpha value is -3.86. The number of nitro groups is 1. The molecule has 0 atom stereocenters. The van der Waals surface area contributed by atoms with Gasteiger partial charge in [-0.15, -0.1) is 0 Å². The third kappa shape index (κ3) is 5.73. The molecule has 1 fully saturated rings. The lowest BCUT2D eigenvalue weighted by molar-refractivity contribution is -0.386. The molecule has 34 heavy (non-hydrogen) atoms. The Balaban J connectivity index is 1.84. The smallest absolute Gasteiger partial charge is 0.322 e. The van der Waals surface area contributed by atoms with Crippen LogP contribution in [0.15, 0.2) is 41.3 Å². The molecular weight excluding hydrogens is 464 g/mol. The summed E-state index contributed by atoms with van der Waals surface area (Å²) in [6, 6.07) is 10.0. The standard InChI is InChI=1S/C23H22N2O8S/c1-4-31-21-18(33-15(3)26)9-8-16(20(21)25(29)30)13-19-22(27)24(23(28)34-19)10-11-32-17-7-5-6-14(2)12-17/h5-9,12-13H,4,10-11H2,1-3H3/b19-13-. The van der Waals surface area contributed by atoms with Crippen LogP contribution in [-0.2, 0) is 9.59 Å². The topological polar surface area (TPSA) is 125 Å². The van der Waals surface area contributed by atoms with Crippen LogP contribution in [0.1, 0.15) is 25.0 Å². The van der Waals surface area contributed by atoms with Gasteiger partial charge in [0, 0.05) is 6.92 Å². The minimum atomic E-state index is -0.691. The fourth-order valence-electron chi connectivity index (χ4n) is 3.19. The first kappa shape index (κ1) is 24.8. The highest BCUT2D eigenvalue weighted by molar-refractivity contribution is 8.18. The van der Waals surface area contributed by atoms with Crippen LogP contribution in [-0.4, -0.2) is 46.7 Å². The first-order valence-electron chi connectivity index (χ1n) is 10.3. The zero-order valence-corrected chi connectivity index (χ0v) is 19.5. The molecule has 1 saturated heterocycles. The quantitative estimate of drug-likeness (QED) is 0.167. The van der Waals surface area contributed by atoms with Crippen molar-refractivity contribution < 1.29 is 33.5 Å². The summed E-state index contributed by atoms with van der Waals surface area (Å²) in [4.78, 5) is 48.7. The van der Waals surface area contributed by atoms with Crippen LogP contribution >= 0.6 is 11.8 Å². The van der Waals surface area contributed by atoms with Crippen LogP contribution < -0.4 is 14.2 Å². The maximum Gasteiger partial charge on any atom is 0.322 e. The summed E-state index contributed by atoms with van der Waals surface area (Å²) in [7, 11) is 0. The first-order valence-corrected chi connectivity index (χ1v) is 11.1. The molecule has 1 heterocycles. The van der Waals surface area contributed by atoms with Crippen molar-refractivity contribution in [1.29, 1.82) is 0 Å². The van der Waals surface area contributed by atoms with E-state index in [1.807, 2.05) is 25.1 Å². The predicted octanol–water partition coefficient (Wildman–Crippen LogP) is 4.34. The molecule has 0 aromatic heterocycles. The number of nitro benzene ring substituents is 1. The Labute approximate surface area is 199 Å². The molecule has 0 spiro atoms. The normalized spacial score (nSPS) is 14.4. The van der Waals surface area contributed by atoms with Crippen molar-refractivity contribution >= 4 is 40.6 Å². The lowest BCUT2D eigenvalue weighted by Crippen LogP contribution is -2.32. The molecule has 0 unspecified atom stereocenters. The summed E-state index contributed by atoms with van der Waals surface area (Å²) in [6.45, 7) is 4.90. The molecule has 2 aromatic rings. The van der Waals surface area contributed by atoms with Crippen molar-refractivity contribution in [2.24, 2.45) is 0 Å². The van der Waals surface area contributed by atoms with Gasteiger partial charge in [0.15, 0.2) is 5.75 Å². The summed E-state index contributed by atoms with van der Waals surface area (Å²) in [6.07, 6.45) is 1.25. The van der Waals surface area contributed by atoms with Crippen molar-refractivity contribution in [3.05, 3.63) is 62.5 Å². The molecular formula is C23H22N2O8S. The highest BCUT2D eigenvalue weighted by Crippen LogP contribution is 2.42. The van der Waals surface area contributed by atoms with Gasteiger partial charge in [-0.1, -0.05) is 12.1 Å². The van der Waals surface area contributed by atoms with Crippen molar-refractivity contribution in [3.63, 3.8) is 0 Å². The minimum Gasteiger partial charge on any atom is -0.492 e. The number of nitrogens with zero attached hydrogens (tertiary/aromatic N) is 2. The largest absolute Gasteiger partial charge is 0.492 e. The molecule has 0 saturated carbocycles. The maximum absolute atomic E-state index is 12.8. The second-order valence-corrected chi connectivity index (χ2v) is 8.11. The lowest BCUT2D eigenvalue weighted by Gasteiger charge is -2.13. The van der Waals surface area contributed by atoms with Crippen molar-refractivity contribution in [3.8, 4) is 17.2 Å². The van der Waals surface area contributed by atoms with E-state index in [9.17, 15) is 24.5 Å². The first-order chi connectivity index (χ1) is 16.2. The van der Waals surface area contributed by atoms with Crippen molar-refractivity contribution in [2.75, 3.05) is 19.8 Å². The number of thioether (sulfide) groups is 1. The maximum atomic E-state index is 12.8. The Morgan fingerprint density at radius 3 is 2.62 bits per heavy atom. The summed E-state index contributed by atoms with van der Waals surface area (Å²) in [5.74, 6) is -0.979. The van der Waals surface area contributed by atoms with Crippen LogP contribution in [0.3, 0.4) is 0 Å². The van der Waals surface area contributed by atoms with Crippen LogP contribution in [0.4, 0.5) is 10.5 Å². The highest BCUT2D eigenvalue weighted by atomic mass is 32.2. The van der Waals surface area contributed by atoms with E-state index in [1.165, 1.54) is 18.2 Å². The van der Waals surface area contributed by atoms with Crippen LogP contribution in [0.2, 0.25) is 0 Å². The number of carbonyl (C=O) groups excluding carboxylic acids is 3. The predicted molar refractivity (Wildman–Crippen MR) is 125 cm³/mol. The molecule has 1 aliphatic heterocycles. The summed E-state index contributed by atoms with van der Waals surface area (Å²) in [5, 5.41) is 11.3. The number of carbonyl (C=O) groups is 3. The van der Waals surface area contributed by atoms with Gasteiger partial charge in [0.25, 0.3) is 11.1 Å². The Kier molecular flexibility index (Phi) is 7.90. The van der Waals surface area contributed by atoms with Gasteiger partial charge in [-0.2, -0.15) is 0 Å². The molecule has 0 N–H and O–H groups in total. The molecule has 2 aromatic carbocycles. The van der Waals surface area contributed by atoms with E-state index in [-0.39, 0.29) is 41.7 Å². The van der Waals surface area contributed by atoms with Crippen LogP contribution in [0.25, 0.3) is 6.08 Å². The van der Waals surface area contributed by atoms with E-state index in [4.69, 9.17) is 14.2 Å². The molecule has 178 valence electrons. The van der Waals surface area contributed by atoms with E-state index in [2.05, 4.69) is 0 Å². The monoisotopic (exact) mass is 486 g/mol. The number of hydrogen-bond donors (Lipinski definition) is 0. The molecule has 0 bridgehead atoms. The van der Waals surface area contributed by atoms with E-state index in [0.717, 1.165) is 17.4 Å². The zero-order chi connectivity index (χ0) is 24.8.